The topological polar surface area (TPSA) is 56.3 Å². The van der Waals surface area contributed by atoms with Crippen LogP contribution in [0.25, 0.3) is 10.9 Å². The van der Waals surface area contributed by atoms with E-state index in [9.17, 15) is 0 Å². The van der Waals surface area contributed by atoms with E-state index in [1.807, 2.05) is 11.8 Å². The molecule has 1 fully saturated rings. The lowest BCUT2D eigenvalue weighted by atomic mass is 10.1. The lowest BCUT2D eigenvalue weighted by molar-refractivity contribution is 0.858. The Hall–Kier alpha value is -2.67. The molecular weight excluding hydrogens is 380 g/mol. The van der Waals surface area contributed by atoms with Gasteiger partial charge in [-0.15, -0.1) is 0 Å². The second kappa shape index (κ2) is 7.99. The number of benzene rings is 2. The van der Waals surface area contributed by atoms with Crippen LogP contribution in [0.1, 0.15) is 12.5 Å². The minimum atomic E-state index is 0.744. The molecule has 0 unspecified atom stereocenters. The average molecular weight is 407 g/mol. The first-order valence-corrected chi connectivity index (χ1v) is 11.4. The van der Waals surface area contributed by atoms with Crippen molar-refractivity contribution in [3.8, 4) is 0 Å². The third kappa shape index (κ3) is 3.67. The molecule has 29 heavy (non-hydrogen) atoms. The van der Waals surface area contributed by atoms with Crippen molar-refractivity contribution in [2.45, 2.75) is 13.5 Å². The van der Waals surface area contributed by atoms with E-state index < -0.39 is 0 Å². The molecule has 7 heteroatoms. The molecule has 0 bridgehead atoms. The number of nitrogens with one attached hydrogen (secondary N) is 2. The summed E-state index contributed by atoms with van der Waals surface area (Å²) in [5.41, 5.74) is 5.92. The fourth-order valence-corrected chi connectivity index (χ4v) is 4.92. The molecule has 3 aromatic rings. The van der Waals surface area contributed by atoms with Gasteiger partial charge in [-0.3, -0.25) is 0 Å². The summed E-state index contributed by atoms with van der Waals surface area (Å²) in [4.78, 5) is 13.8. The van der Waals surface area contributed by atoms with E-state index in [1.54, 1.807) is 6.33 Å². The summed E-state index contributed by atoms with van der Waals surface area (Å²) >= 11 is 2.04. The normalized spacial score (nSPS) is 16.0. The summed E-state index contributed by atoms with van der Waals surface area (Å²) in [6, 6.07) is 13.2. The number of anilines is 4. The second-order valence-electron chi connectivity index (χ2n) is 7.42. The zero-order chi connectivity index (χ0) is 19.6. The van der Waals surface area contributed by atoms with E-state index in [1.165, 1.54) is 28.4 Å². The largest absolute Gasteiger partial charge is 0.370 e. The molecule has 2 aliphatic rings. The van der Waals surface area contributed by atoms with Crippen LogP contribution < -0.4 is 20.4 Å². The summed E-state index contributed by atoms with van der Waals surface area (Å²) in [6.45, 7) is 7.03. The van der Waals surface area contributed by atoms with Gasteiger partial charge in [0.05, 0.1) is 23.6 Å². The Morgan fingerprint density at radius 2 is 1.93 bits per heavy atom. The molecule has 2 aliphatic heterocycles. The van der Waals surface area contributed by atoms with Gasteiger partial charge in [0.15, 0.2) is 0 Å². The smallest absolute Gasteiger partial charge is 0.137 e. The van der Waals surface area contributed by atoms with Crippen LogP contribution in [0, 0.1) is 0 Å². The molecule has 0 atom stereocenters. The second-order valence-corrected chi connectivity index (χ2v) is 8.64. The van der Waals surface area contributed by atoms with Crippen molar-refractivity contribution < 1.29 is 0 Å². The van der Waals surface area contributed by atoms with Crippen molar-refractivity contribution in [1.29, 1.82) is 0 Å². The number of thioether (sulfide) groups is 1. The monoisotopic (exact) mass is 406 g/mol. The highest BCUT2D eigenvalue weighted by molar-refractivity contribution is 7.99. The van der Waals surface area contributed by atoms with Crippen LogP contribution in [-0.2, 0) is 6.54 Å². The van der Waals surface area contributed by atoms with Gasteiger partial charge in [-0.05, 0) is 36.8 Å². The van der Waals surface area contributed by atoms with Gasteiger partial charge in [0.1, 0.15) is 12.1 Å². The van der Waals surface area contributed by atoms with Crippen LogP contribution >= 0.6 is 11.8 Å². The molecule has 2 aromatic carbocycles. The number of hydrogen-bond donors (Lipinski definition) is 2. The van der Waals surface area contributed by atoms with Crippen molar-refractivity contribution in [2.24, 2.45) is 0 Å². The fourth-order valence-electron chi connectivity index (χ4n) is 4.02. The number of fused-ring (bicyclic) bond motifs is 2. The Morgan fingerprint density at radius 1 is 1.10 bits per heavy atom. The molecular formula is C22H26N6S. The predicted octanol–water partition coefficient (Wildman–Crippen LogP) is 4.00. The first kappa shape index (κ1) is 18.4. The van der Waals surface area contributed by atoms with Crippen molar-refractivity contribution in [3.05, 3.63) is 48.3 Å². The van der Waals surface area contributed by atoms with Crippen LogP contribution in [-0.4, -0.2) is 47.8 Å². The molecule has 6 nitrogen and oxygen atoms in total. The van der Waals surface area contributed by atoms with Gasteiger partial charge < -0.3 is 20.4 Å². The van der Waals surface area contributed by atoms with E-state index >= 15 is 0 Å². The van der Waals surface area contributed by atoms with E-state index in [0.717, 1.165) is 55.3 Å². The Morgan fingerprint density at radius 3 is 2.72 bits per heavy atom. The maximum absolute atomic E-state index is 4.50. The van der Waals surface area contributed by atoms with Crippen molar-refractivity contribution >= 4 is 45.5 Å². The molecule has 0 aliphatic carbocycles. The number of rotatable bonds is 5. The average Bonchev–Trinajstić information content (AvgIpc) is 3.19. The Kier molecular flexibility index (Phi) is 5.06. The summed E-state index contributed by atoms with van der Waals surface area (Å²) in [5, 5.41) is 8.03. The quantitative estimate of drug-likeness (QED) is 0.664. The van der Waals surface area contributed by atoms with Gasteiger partial charge in [0.2, 0.25) is 0 Å². The van der Waals surface area contributed by atoms with Gasteiger partial charge in [-0.2, -0.15) is 11.8 Å². The molecule has 150 valence electrons. The van der Waals surface area contributed by atoms with E-state index in [2.05, 4.69) is 73.7 Å². The summed E-state index contributed by atoms with van der Waals surface area (Å²) in [6.07, 6.45) is 1.65. The minimum Gasteiger partial charge on any atom is -0.370 e. The third-order valence-electron chi connectivity index (χ3n) is 5.71. The maximum Gasteiger partial charge on any atom is 0.137 e. The zero-order valence-corrected chi connectivity index (χ0v) is 17.5. The molecule has 5 rings (SSSR count). The lowest BCUT2D eigenvalue weighted by Crippen LogP contribution is -2.32. The third-order valence-corrected chi connectivity index (χ3v) is 6.65. The minimum absolute atomic E-state index is 0.744. The van der Waals surface area contributed by atoms with Crippen molar-refractivity contribution in [1.82, 2.24) is 9.97 Å². The molecule has 1 saturated heterocycles. The highest BCUT2D eigenvalue weighted by Crippen LogP contribution is 2.36. The number of aromatic nitrogens is 2. The SMILES string of the molecule is CCN1CNc2cc3c(NCc4ccc(N5CCSCC5)cc4)ncnc3cc21. The first-order valence-electron chi connectivity index (χ1n) is 10.2. The summed E-state index contributed by atoms with van der Waals surface area (Å²) in [5.74, 6) is 3.32. The summed E-state index contributed by atoms with van der Waals surface area (Å²) < 4.78 is 0. The highest BCUT2D eigenvalue weighted by Gasteiger charge is 2.19. The van der Waals surface area contributed by atoms with E-state index in [4.69, 9.17) is 0 Å². The first-order chi connectivity index (χ1) is 14.3. The Labute approximate surface area is 175 Å². The van der Waals surface area contributed by atoms with E-state index in [0.29, 0.717) is 0 Å². The van der Waals surface area contributed by atoms with Gasteiger partial charge in [0, 0.05) is 48.8 Å². The zero-order valence-electron chi connectivity index (χ0n) is 16.7. The predicted molar refractivity (Wildman–Crippen MR) is 124 cm³/mol. The van der Waals surface area contributed by atoms with Crippen molar-refractivity contribution in [3.63, 3.8) is 0 Å². The van der Waals surface area contributed by atoms with Gasteiger partial charge in [0.25, 0.3) is 0 Å². The van der Waals surface area contributed by atoms with Gasteiger partial charge in [-0.25, -0.2) is 9.97 Å². The molecule has 0 spiro atoms. The van der Waals surface area contributed by atoms with E-state index in [-0.39, 0.29) is 0 Å². The highest BCUT2D eigenvalue weighted by atomic mass is 32.2. The van der Waals surface area contributed by atoms with Crippen molar-refractivity contribution in [2.75, 3.05) is 58.2 Å². The van der Waals surface area contributed by atoms with Crippen LogP contribution in [0.2, 0.25) is 0 Å². The molecule has 0 saturated carbocycles. The molecule has 0 amide bonds. The Balaban J connectivity index is 1.33. The van der Waals surface area contributed by atoms with Crippen LogP contribution in [0.3, 0.4) is 0 Å². The number of hydrogen-bond acceptors (Lipinski definition) is 7. The Bertz CT molecular complexity index is 1000. The number of nitrogens with zero attached hydrogens (tertiary/aromatic N) is 4. The van der Waals surface area contributed by atoms with Gasteiger partial charge >= 0.3 is 0 Å². The maximum atomic E-state index is 4.50. The summed E-state index contributed by atoms with van der Waals surface area (Å²) in [7, 11) is 0. The molecule has 2 N–H and O–H groups in total. The van der Waals surface area contributed by atoms with Crippen LogP contribution in [0.4, 0.5) is 22.9 Å². The fraction of sp³-hybridized carbons (Fsp3) is 0.364. The standard InChI is InChI=1S/C22H26N6S/c1-2-27-15-26-20-11-18-19(12-21(20)27)24-14-25-22(18)23-13-16-3-5-17(6-4-16)28-7-9-29-10-8-28/h3-6,11-12,14,26H,2,7-10,13,15H2,1H3,(H,23,24,25). The van der Waals surface area contributed by atoms with Crippen LogP contribution in [0.5, 0.6) is 0 Å². The molecule has 1 aromatic heterocycles. The molecule has 3 heterocycles. The lowest BCUT2D eigenvalue weighted by Gasteiger charge is -2.28. The van der Waals surface area contributed by atoms with Crippen LogP contribution in [0.15, 0.2) is 42.7 Å². The van der Waals surface area contributed by atoms with Gasteiger partial charge in [-0.1, -0.05) is 12.1 Å². The molecule has 0 radical (unpaired) electrons.